The predicted molar refractivity (Wildman–Crippen MR) is 55.6 cm³/mol. The lowest BCUT2D eigenvalue weighted by molar-refractivity contribution is -0.142. The van der Waals surface area contributed by atoms with E-state index in [1.54, 1.807) is 0 Å². The number of ether oxygens (including phenoxy) is 1. The van der Waals surface area contributed by atoms with E-state index < -0.39 is 12.0 Å². The number of carboxylic acid groups (broad SMARTS) is 1. The van der Waals surface area contributed by atoms with Gasteiger partial charge in [-0.1, -0.05) is 0 Å². The van der Waals surface area contributed by atoms with Gasteiger partial charge in [0.25, 0.3) is 0 Å². The Morgan fingerprint density at radius 2 is 1.93 bits per heavy atom. The number of nitrogens with one attached hydrogen (secondary N) is 1. The summed E-state index contributed by atoms with van der Waals surface area (Å²) < 4.78 is 5.38. The molecule has 0 aromatic carbocycles. The van der Waals surface area contributed by atoms with Crippen LogP contribution in [0.2, 0.25) is 0 Å². The van der Waals surface area contributed by atoms with Gasteiger partial charge < -0.3 is 15.2 Å². The van der Waals surface area contributed by atoms with Gasteiger partial charge in [0.1, 0.15) is 6.04 Å². The summed E-state index contributed by atoms with van der Waals surface area (Å²) >= 11 is 0. The predicted octanol–water partition coefficient (Wildman–Crippen LogP) is 0.781. The molecule has 1 atom stereocenters. The van der Waals surface area contributed by atoms with Crippen molar-refractivity contribution in [1.82, 2.24) is 5.32 Å². The number of aliphatic carboxylic acids is 1. The monoisotopic (exact) mass is 217 g/mol. The van der Waals surface area contributed by atoms with Crippen molar-refractivity contribution in [2.45, 2.75) is 45.8 Å². The first-order chi connectivity index (χ1) is 6.72. The topological polar surface area (TPSA) is 75.6 Å². The minimum atomic E-state index is -1.04. The zero-order valence-corrected chi connectivity index (χ0v) is 9.66. The van der Waals surface area contributed by atoms with Gasteiger partial charge in [-0.15, -0.1) is 0 Å². The SMILES string of the molecule is CC(=O)N[C@@H](CCOC(C)(C)C)C(=O)O. The molecule has 0 saturated carbocycles. The maximum absolute atomic E-state index is 10.7. The van der Waals surface area contributed by atoms with Gasteiger partial charge in [0.05, 0.1) is 5.60 Å². The van der Waals surface area contributed by atoms with Crippen molar-refractivity contribution in [3.05, 3.63) is 0 Å². The van der Waals surface area contributed by atoms with Crippen LogP contribution in [0.25, 0.3) is 0 Å². The van der Waals surface area contributed by atoms with E-state index in [0.29, 0.717) is 6.61 Å². The Morgan fingerprint density at radius 1 is 1.40 bits per heavy atom. The third kappa shape index (κ3) is 7.93. The molecular formula is C10H19NO4. The van der Waals surface area contributed by atoms with Crippen LogP contribution in [0.1, 0.15) is 34.1 Å². The van der Waals surface area contributed by atoms with E-state index in [4.69, 9.17) is 9.84 Å². The van der Waals surface area contributed by atoms with E-state index in [2.05, 4.69) is 5.32 Å². The van der Waals surface area contributed by atoms with Crippen LogP contribution in [-0.2, 0) is 14.3 Å². The molecule has 15 heavy (non-hydrogen) atoms. The van der Waals surface area contributed by atoms with Crippen molar-refractivity contribution in [3.8, 4) is 0 Å². The molecule has 0 unspecified atom stereocenters. The number of rotatable bonds is 5. The normalized spacial score (nSPS) is 13.3. The molecule has 2 N–H and O–H groups in total. The molecule has 0 aliphatic carbocycles. The van der Waals surface area contributed by atoms with E-state index in [1.807, 2.05) is 20.8 Å². The zero-order valence-electron chi connectivity index (χ0n) is 9.66. The highest BCUT2D eigenvalue weighted by atomic mass is 16.5. The van der Waals surface area contributed by atoms with Gasteiger partial charge in [-0.2, -0.15) is 0 Å². The maximum Gasteiger partial charge on any atom is 0.326 e. The number of carbonyl (C=O) groups is 2. The van der Waals surface area contributed by atoms with Crippen LogP contribution >= 0.6 is 0 Å². The van der Waals surface area contributed by atoms with Crippen molar-refractivity contribution in [2.75, 3.05) is 6.61 Å². The summed E-state index contributed by atoms with van der Waals surface area (Å²) in [4.78, 5) is 21.4. The molecule has 1 amide bonds. The number of hydrogen-bond donors (Lipinski definition) is 2. The molecule has 0 aromatic heterocycles. The molecule has 0 aliphatic rings. The summed E-state index contributed by atoms with van der Waals surface area (Å²) in [5.74, 6) is -1.39. The molecule has 0 rings (SSSR count). The molecule has 0 fully saturated rings. The smallest absolute Gasteiger partial charge is 0.326 e. The van der Waals surface area contributed by atoms with E-state index in [9.17, 15) is 9.59 Å². The largest absolute Gasteiger partial charge is 0.480 e. The molecule has 0 bridgehead atoms. The Kier molecular flexibility index (Phi) is 5.28. The van der Waals surface area contributed by atoms with Crippen molar-refractivity contribution in [2.24, 2.45) is 0 Å². The van der Waals surface area contributed by atoms with Gasteiger partial charge in [0, 0.05) is 20.0 Å². The molecule has 0 saturated heterocycles. The number of carbonyl (C=O) groups excluding carboxylic acids is 1. The van der Waals surface area contributed by atoms with Gasteiger partial charge in [-0.25, -0.2) is 4.79 Å². The lowest BCUT2D eigenvalue weighted by Gasteiger charge is -2.21. The molecule has 0 heterocycles. The second-order valence-electron chi connectivity index (χ2n) is 4.34. The first kappa shape index (κ1) is 13.9. The Morgan fingerprint density at radius 3 is 2.27 bits per heavy atom. The van der Waals surface area contributed by atoms with Crippen LogP contribution in [0.15, 0.2) is 0 Å². The number of carboxylic acids is 1. The third-order valence-corrected chi connectivity index (χ3v) is 1.62. The fraction of sp³-hybridized carbons (Fsp3) is 0.800. The molecule has 0 aliphatic heterocycles. The van der Waals surface area contributed by atoms with Crippen LogP contribution in [0.5, 0.6) is 0 Å². The lowest BCUT2D eigenvalue weighted by atomic mass is 10.2. The maximum atomic E-state index is 10.7. The second-order valence-corrected chi connectivity index (χ2v) is 4.34. The van der Waals surface area contributed by atoms with Crippen molar-refractivity contribution in [1.29, 1.82) is 0 Å². The molecule has 0 radical (unpaired) electrons. The van der Waals surface area contributed by atoms with Crippen molar-refractivity contribution in [3.63, 3.8) is 0 Å². The fourth-order valence-corrected chi connectivity index (χ4v) is 0.986. The summed E-state index contributed by atoms with van der Waals surface area (Å²) in [5.41, 5.74) is -0.292. The summed E-state index contributed by atoms with van der Waals surface area (Å²) in [5, 5.41) is 11.1. The van der Waals surface area contributed by atoms with E-state index >= 15 is 0 Å². The second kappa shape index (κ2) is 5.70. The first-order valence-corrected chi connectivity index (χ1v) is 4.86. The van der Waals surface area contributed by atoms with Crippen LogP contribution in [0.4, 0.5) is 0 Å². The summed E-state index contributed by atoms with van der Waals surface area (Å²) in [6.45, 7) is 7.27. The molecule has 0 spiro atoms. The van der Waals surface area contributed by atoms with Gasteiger partial charge in [-0.05, 0) is 20.8 Å². The molecule has 0 aromatic rings. The molecule has 5 heteroatoms. The lowest BCUT2D eigenvalue weighted by Crippen LogP contribution is -2.40. The highest BCUT2D eigenvalue weighted by molar-refractivity contribution is 5.81. The summed E-state index contributed by atoms with van der Waals surface area (Å²) in [6, 6.07) is -0.871. The van der Waals surface area contributed by atoms with Crippen LogP contribution in [0.3, 0.4) is 0 Å². The van der Waals surface area contributed by atoms with Gasteiger partial charge in [0.15, 0.2) is 0 Å². The van der Waals surface area contributed by atoms with Crippen LogP contribution < -0.4 is 5.32 Å². The van der Waals surface area contributed by atoms with Crippen molar-refractivity contribution >= 4 is 11.9 Å². The minimum absolute atomic E-state index is 0.270. The Hall–Kier alpha value is -1.10. The van der Waals surface area contributed by atoms with E-state index in [1.165, 1.54) is 6.92 Å². The molecule has 88 valence electrons. The van der Waals surface area contributed by atoms with E-state index in [-0.39, 0.29) is 17.9 Å². The fourth-order valence-electron chi connectivity index (χ4n) is 0.986. The van der Waals surface area contributed by atoms with Crippen LogP contribution in [0, 0.1) is 0 Å². The highest BCUT2D eigenvalue weighted by Gasteiger charge is 2.19. The number of amides is 1. The minimum Gasteiger partial charge on any atom is -0.480 e. The Balaban J connectivity index is 3.98. The molecule has 5 nitrogen and oxygen atoms in total. The third-order valence-electron chi connectivity index (χ3n) is 1.62. The Bertz CT molecular complexity index is 232. The number of hydrogen-bond acceptors (Lipinski definition) is 3. The highest BCUT2D eigenvalue weighted by Crippen LogP contribution is 2.07. The molecular weight excluding hydrogens is 198 g/mol. The van der Waals surface area contributed by atoms with Gasteiger partial charge >= 0.3 is 5.97 Å². The first-order valence-electron chi connectivity index (χ1n) is 4.86. The summed E-state index contributed by atoms with van der Waals surface area (Å²) in [6.07, 6.45) is 0.270. The standard InChI is InChI=1S/C10H19NO4/c1-7(12)11-8(9(13)14)5-6-15-10(2,3)4/h8H,5-6H2,1-4H3,(H,11,12)(H,13,14)/t8-/m0/s1. The van der Waals surface area contributed by atoms with Crippen molar-refractivity contribution < 1.29 is 19.4 Å². The summed E-state index contributed by atoms with van der Waals surface area (Å²) in [7, 11) is 0. The van der Waals surface area contributed by atoms with Crippen LogP contribution in [-0.4, -0.2) is 35.2 Å². The average molecular weight is 217 g/mol. The average Bonchev–Trinajstić information content (AvgIpc) is 1.99. The van der Waals surface area contributed by atoms with Gasteiger partial charge in [-0.3, -0.25) is 4.79 Å². The quantitative estimate of drug-likeness (QED) is 0.713. The van der Waals surface area contributed by atoms with E-state index in [0.717, 1.165) is 0 Å². The zero-order chi connectivity index (χ0) is 12.1. The Labute approximate surface area is 89.8 Å². The van der Waals surface area contributed by atoms with Gasteiger partial charge in [0.2, 0.25) is 5.91 Å².